The van der Waals surface area contributed by atoms with E-state index in [2.05, 4.69) is 5.10 Å². The van der Waals surface area contributed by atoms with Crippen molar-refractivity contribution in [2.24, 2.45) is 7.05 Å². The molecule has 0 saturated carbocycles. The van der Waals surface area contributed by atoms with Gasteiger partial charge < -0.3 is 0 Å². The molecule has 1 aromatic carbocycles. The van der Waals surface area contributed by atoms with Crippen LogP contribution in [0.4, 0.5) is 0 Å². The molecule has 0 saturated heterocycles. The summed E-state index contributed by atoms with van der Waals surface area (Å²) in [5, 5.41) is 5.05. The zero-order chi connectivity index (χ0) is 11.5. The standard InChI is InChI=1S/C11H10ClN2OS/c1-14-6-10(16-7-11(12)15)8-4-2-3-5-9(8)13-14/h2-6H,7H2,1H3/q+1. The van der Waals surface area contributed by atoms with Gasteiger partial charge in [0.25, 0.3) is 0 Å². The van der Waals surface area contributed by atoms with Crippen molar-refractivity contribution in [3.8, 4) is 0 Å². The molecular weight excluding hydrogens is 244 g/mol. The average Bonchev–Trinajstić information content (AvgIpc) is 2.25. The van der Waals surface area contributed by atoms with Gasteiger partial charge in [-0.2, -0.15) is 0 Å². The molecule has 5 heteroatoms. The number of fused-ring (bicyclic) bond motifs is 1. The number of carbonyl (C=O) groups excluding carboxylic acids is 1. The van der Waals surface area contributed by atoms with Crippen LogP contribution >= 0.6 is 23.4 Å². The number of halogens is 1. The van der Waals surface area contributed by atoms with Crippen LogP contribution in [-0.2, 0) is 11.8 Å². The van der Waals surface area contributed by atoms with Crippen LogP contribution in [0, 0.1) is 0 Å². The van der Waals surface area contributed by atoms with E-state index in [1.165, 1.54) is 11.8 Å². The molecule has 1 aromatic heterocycles. The molecular formula is C11H10ClN2OS+. The van der Waals surface area contributed by atoms with E-state index in [1.807, 2.05) is 37.5 Å². The Bertz CT molecular complexity index is 544. The van der Waals surface area contributed by atoms with Crippen LogP contribution < -0.4 is 4.68 Å². The first kappa shape index (κ1) is 11.4. The SMILES string of the molecule is C[n+]1cc(SCC(=O)Cl)c2ccccc2n1. The Morgan fingerprint density at radius 2 is 2.25 bits per heavy atom. The fourth-order valence-electron chi connectivity index (χ4n) is 1.46. The molecule has 0 unspecified atom stereocenters. The van der Waals surface area contributed by atoms with Crippen LogP contribution in [0.3, 0.4) is 0 Å². The molecule has 0 aliphatic carbocycles. The van der Waals surface area contributed by atoms with Crippen LogP contribution in [0.15, 0.2) is 35.4 Å². The van der Waals surface area contributed by atoms with Crippen molar-refractivity contribution in [1.82, 2.24) is 5.10 Å². The summed E-state index contributed by atoms with van der Waals surface area (Å²) >= 11 is 6.77. The van der Waals surface area contributed by atoms with Crippen LogP contribution in [0.25, 0.3) is 10.9 Å². The summed E-state index contributed by atoms with van der Waals surface area (Å²) in [5.74, 6) is 0.273. The van der Waals surface area contributed by atoms with Crippen LogP contribution in [0.2, 0.25) is 0 Å². The van der Waals surface area contributed by atoms with Gasteiger partial charge in [0.15, 0.2) is 7.05 Å². The lowest BCUT2D eigenvalue weighted by molar-refractivity contribution is -0.730. The first-order valence-corrected chi connectivity index (χ1v) is 6.10. The quantitative estimate of drug-likeness (QED) is 0.476. The molecule has 16 heavy (non-hydrogen) atoms. The molecule has 0 N–H and O–H groups in total. The molecule has 2 aromatic rings. The lowest BCUT2D eigenvalue weighted by atomic mass is 10.2. The highest BCUT2D eigenvalue weighted by Crippen LogP contribution is 2.25. The number of hydrogen-bond acceptors (Lipinski definition) is 3. The number of rotatable bonds is 3. The fraction of sp³-hybridized carbons (Fsp3) is 0.182. The van der Waals surface area contributed by atoms with Crippen LogP contribution in [-0.4, -0.2) is 16.1 Å². The zero-order valence-electron chi connectivity index (χ0n) is 8.68. The monoisotopic (exact) mass is 253 g/mol. The van der Waals surface area contributed by atoms with Gasteiger partial charge in [0.1, 0.15) is 5.52 Å². The number of hydrogen-bond donors (Lipinski definition) is 0. The van der Waals surface area contributed by atoms with E-state index in [9.17, 15) is 4.79 Å². The topological polar surface area (TPSA) is 33.8 Å². The molecule has 0 aliphatic heterocycles. The minimum Gasteiger partial charge on any atom is -0.280 e. The van der Waals surface area contributed by atoms with Gasteiger partial charge >= 0.3 is 0 Å². The summed E-state index contributed by atoms with van der Waals surface area (Å²) in [4.78, 5) is 11.8. The first-order valence-electron chi connectivity index (χ1n) is 4.73. The average molecular weight is 254 g/mol. The Labute approximate surface area is 102 Å². The largest absolute Gasteiger partial charge is 0.280 e. The molecule has 0 aliphatic rings. The summed E-state index contributed by atoms with van der Waals surface area (Å²) in [7, 11) is 1.86. The van der Waals surface area contributed by atoms with Gasteiger partial charge in [0.05, 0.1) is 10.6 Å². The van der Waals surface area contributed by atoms with Gasteiger partial charge in [-0.05, 0) is 22.8 Å². The summed E-state index contributed by atoms with van der Waals surface area (Å²) in [6.07, 6.45) is 1.90. The van der Waals surface area contributed by atoms with E-state index in [-0.39, 0.29) is 11.0 Å². The van der Waals surface area contributed by atoms with Crippen molar-refractivity contribution in [3.63, 3.8) is 0 Å². The van der Waals surface area contributed by atoms with E-state index in [4.69, 9.17) is 11.6 Å². The predicted octanol–water partition coefficient (Wildman–Crippen LogP) is 1.92. The highest BCUT2D eigenvalue weighted by atomic mass is 35.5. The molecule has 2 rings (SSSR count). The molecule has 0 amide bonds. The maximum absolute atomic E-state index is 10.8. The number of carbonyl (C=O) groups is 1. The Kier molecular flexibility index (Phi) is 3.41. The van der Waals surface area contributed by atoms with Gasteiger partial charge in [-0.25, -0.2) is 0 Å². The molecule has 1 heterocycles. The van der Waals surface area contributed by atoms with Crippen molar-refractivity contribution < 1.29 is 9.48 Å². The number of thioether (sulfide) groups is 1. The van der Waals surface area contributed by atoms with Crippen molar-refractivity contribution >= 4 is 39.5 Å². The Balaban J connectivity index is 2.46. The molecule has 0 bridgehead atoms. The lowest BCUT2D eigenvalue weighted by Gasteiger charge is -2.01. The predicted molar refractivity (Wildman–Crippen MR) is 64.5 cm³/mol. The summed E-state index contributed by atoms with van der Waals surface area (Å²) < 4.78 is 1.74. The molecule has 0 spiro atoms. The second kappa shape index (κ2) is 4.80. The molecule has 3 nitrogen and oxygen atoms in total. The van der Waals surface area contributed by atoms with E-state index in [0.717, 1.165) is 15.8 Å². The van der Waals surface area contributed by atoms with Gasteiger partial charge in [-0.15, -0.1) is 11.8 Å². The molecule has 82 valence electrons. The number of aromatic nitrogens is 2. The van der Waals surface area contributed by atoms with Crippen molar-refractivity contribution in [1.29, 1.82) is 0 Å². The normalized spacial score (nSPS) is 10.6. The number of nitrogens with zero attached hydrogens (tertiary/aromatic N) is 2. The second-order valence-corrected chi connectivity index (χ2v) is 4.77. The van der Waals surface area contributed by atoms with E-state index in [0.29, 0.717) is 0 Å². The maximum atomic E-state index is 10.8. The Morgan fingerprint density at radius 1 is 1.50 bits per heavy atom. The van der Waals surface area contributed by atoms with Crippen LogP contribution in [0.5, 0.6) is 0 Å². The Morgan fingerprint density at radius 3 is 3.00 bits per heavy atom. The molecule has 0 atom stereocenters. The smallest absolute Gasteiger partial charge is 0.231 e. The van der Waals surface area contributed by atoms with Crippen molar-refractivity contribution in [3.05, 3.63) is 30.5 Å². The van der Waals surface area contributed by atoms with Gasteiger partial charge in [-0.3, -0.25) is 4.79 Å². The second-order valence-electron chi connectivity index (χ2n) is 3.33. The van der Waals surface area contributed by atoms with Gasteiger partial charge in [0.2, 0.25) is 11.4 Å². The first-order chi connectivity index (χ1) is 7.66. The minimum absolute atomic E-state index is 0.273. The maximum Gasteiger partial charge on any atom is 0.231 e. The van der Waals surface area contributed by atoms with Crippen LogP contribution in [0.1, 0.15) is 0 Å². The number of benzene rings is 1. The summed E-state index contributed by atoms with van der Waals surface area (Å²) in [5.41, 5.74) is 0.914. The van der Waals surface area contributed by atoms with Gasteiger partial charge in [0, 0.05) is 5.39 Å². The van der Waals surface area contributed by atoms with E-state index >= 15 is 0 Å². The van der Waals surface area contributed by atoms with Crippen molar-refractivity contribution in [2.75, 3.05) is 5.75 Å². The zero-order valence-corrected chi connectivity index (χ0v) is 10.3. The third-order valence-corrected chi connectivity index (χ3v) is 3.42. The number of aryl methyl sites for hydroxylation is 1. The van der Waals surface area contributed by atoms with Gasteiger partial charge in [-0.1, -0.05) is 22.9 Å². The summed E-state index contributed by atoms with van der Waals surface area (Å²) in [6.45, 7) is 0. The highest BCUT2D eigenvalue weighted by Gasteiger charge is 2.10. The molecule has 0 radical (unpaired) electrons. The lowest BCUT2D eigenvalue weighted by Crippen LogP contribution is -2.32. The third-order valence-electron chi connectivity index (χ3n) is 2.08. The van der Waals surface area contributed by atoms with E-state index in [1.54, 1.807) is 4.68 Å². The summed E-state index contributed by atoms with van der Waals surface area (Å²) in [6, 6.07) is 7.83. The highest BCUT2D eigenvalue weighted by molar-refractivity contribution is 8.00. The van der Waals surface area contributed by atoms with Crippen molar-refractivity contribution in [2.45, 2.75) is 4.90 Å². The van der Waals surface area contributed by atoms with E-state index < -0.39 is 0 Å². The molecule has 0 fully saturated rings. The minimum atomic E-state index is -0.339. The Hall–Kier alpha value is -1.13. The third kappa shape index (κ3) is 2.51. The fourth-order valence-corrected chi connectivity index (χ4v) is 2.44.